The molecule has 0 aliphatic heterocycles. The molecule has 0 atom stereocenters. The van der Waals surface area contributed by atoms with Gasteiger partial charge in [0.1, 0.15) is 0 Å². The Balaban J connectivity index is -0.0000000785. The SMILES string of the molecule is CCOC(=O)C=CC(=O)O.CCOC(=O)C=CC(=O)O.CCOC(=O)C=CC(=O)O.COC(=O)C=CC(=O)OC.[CaH2].[MgH2].[Zn]. The largest absolute Gasteiger partial charge is 0.316 e. The molecule has 16 nitrogen and oxygen atoms in total. The van der Waals surface area contributed by atoms with E-state index in [0.29, 0.717) is 0 Å². The fourth-order valence-corrected chi connectivity index (χ4v) is 1.26. The monoisotopic (exact) mass is 708 g/mol. The summed E-state index contributed by atoms with van der Waals surface area (Å²) < 4.78 is 21.6. The number of ether oxygens (including phenoxy) is 5. The first-order valence-corrected chi connectivity index (χ1v) is 10.8. The van der Waals surface area contributed by atoms with Gasteiger partial charge in [0, 0.05) is 68.1 Å². The second-order valence-electron chi connectivity index (χ2n) is 5.65. The average Bonchev–Trinajstić information content (AvgIpc) is 2.89. The molecule has 3 N–H and O–H groups in total. The molecule has 0 aromatic carbocycles. The Hall–Kier alpha value is -2.63. The average molecular weight is 710 g/mol. The molecule has 0 aliphatic carbocycles. The van der Waals surface area contributed by atoms with Gasteiger partial charge in [-0.2, -0.15) is 0 Å². The number of carboxylic acid groups (broad SMARTS) is 3. The Morgan fingerprint density at radius 2 is 0.651 bits per heavy atom. The molecule has 0 rings (SSSR count). The molecule has 0 unspecified atom stereocenters. The van der Waals surface area contributed by atoms with Crippen LogP contribution in [0.1, 0.15) is 20.8 Å². The molecule has 0 amide bonds. The number of carbonyl (C=O) groups excluding carboxylic acids is 5. The minimum absolute atomic E-state index is 0. The second-order valence-corrected chi connectivity index (χ2v) is 5.65. The van der Waals surface area contributed by atoms with Crippen LogP contribution in [0, 0.1) is 0 Å². The smallest absolute Gasteiger partial charge is 0 e. The number of aliphatic carboxylic acids is 3. The van der Waals surface area contributed by atoms with Crippen molar-refractivity contribution in [2.24, 2.45) is 0 Å². The Morgan fingerprint density at radius 3 is 0.791 bits per heavy atom. The molecule has 0 saturated heterocycles. The van der Waals surface area contributed by atoms with E-state index in [1.807, 2.05) is 0 Å². The molecule has 0 bridgehead atoms. The van der Waals surface area contributed by atoms with E-state index in [9.17, 15) is 38.4 Å². The predicted molar refractivity (Wildman–Crippen MR) is 150 cm³/mol. The van der Waals surface area contributed by atoms with Crippen LogP contribution in [0.25, 0.3) is 0 Å². The summed E-state index contributed by atoms with van der Waals surface area (Å²) in [6.45, 7) is 5.69. The molecule has 0 heterocycles. The van der Waals surface area contributed by atoms with Gasteiger partial charge in [0.15, 0.2) is 0 Å². The van der Waals surface area contributed by atoms with Crippen LogP contribution in [0.4, 0.5) is 0 Å². The van der Waals surface area contributed by atoms with Gasteiger partial charge >= 0.3 is 109 Å². The van der Waals surface area contributed by atoms with Gasteiger partial charge in [-0.15, -0.1) is 0 Å². The zero-order chi connectivity index (χ0) is 31.9. The van der Waals surface area contributed by atoms with Crippen LogP contribution < -0.4 is 0 Å². The van der Waals surface area contributed by atoms with Crippen molar-refractivity contribution in [3.8, 4) is 0 Å². The van der Waals surface area contributed by atoms with Crippen LogP contribution in [0.2, 0.25) is 0 Å². The van der Waals surface area contributed by atoms with E-state index in [1.165, 1.54) is 14.2 Å². The molecule has 0 aromatic heterocycles. The molecule has 0 spiro atoms. The maximum absolute atomic E-state index is 10.4. The quantitative estimate of drug-likeness (QED) is 0.0969. The van der Waals surface area contributed by atoms with Crippen molar-refractivity contribution in [3.05, 3.63) is 48.6 Å². The third kappa shape index (κ3) is 59.6. The van der Waals surface area contributed by atoms with Gasteiger partial charge in [-0.25, -0.2) is 38.4 Å². The Kier molecular flexibility index (Phi) is 54.2. The van der Waals surface area contributed by atoms with E-state index in [1.54, 1.807) is 20.8 Å². The minimum Gasteiger partial charge on any atom is 0 e. The maximum atomic E-state index is 10.4. The molecular weight excluding hydrogens is 674 g/mol. The zero-order valence-corrected chi connectivity index (χ0v) is 26.1. The van der Waals surface area contributed by atoms with Gasteiger partial charge in [-0.3, -0.25) is 0 Å². The molecule has 19 heteroatoms. The van der Waals surface area contributed by atoms with Gasteiger partial charge in [0.25, 0.3) is 0 Å². The van der Waals surface area contributed by atoms with Gasteiger partial charge in [-0.1, -0.05) is 0 Å². The van der Waals surface area contributed by atoms with Gasteiger partial charge in [0.05, 0.1) is 34.0 Å². The van der Waals surface area contributed by atoms with Crippen LogP contribution >= 0.6 is 0 Å². The van der Waals surface area contributed by atoms with E-state index < -0.39 is 47.8 Å². The number of carboxylic acids is 3. The molecular formula is C24H36CaMgO16Zn. The van der Waals surface area contributed by atoms with Gasteiger partial charge in [0.2, 0.25) is 0 Å². The van der Waals surface area contributed by atoms with Crippen LogP contribution in [0.3, 0.4) is 0 Å². The normalized spacial score (nSPS) is 8.95. The Bertz CT molecular complexity index is 853. The van der Waals surface area contributed by atoms with Gasteiger partial charge in [-0.05, 0) is 20.8 Å². The van der Waals surface area contributed by atoms with Crippen LogP contribution in [-0.2, 0) is 81.5 Å². The zero-order valence-electron chi connectivity index (χ0n) is 23.1. The van der Waals surface area contributed by atoms with E-state index in [-0.39, 0.29) is 100 Å². The predicted octanol–water partition coefficient (Wildman–Crippen LogP) is -1.38. The third-order valence-corrected chi connectivity index (χ3v) is 2.70. The van der Waals surface area contributed by atoms with Crippen LogP contribution in [0.5, 0.6) is 0 Å². The summed E-state index contributed by atoms with van der Waals surface area (Å²) in [5.41, 5.74) is 0. The van der Waals surface area contributed by atoms with Crippen molar-refractivity contribution in [1.29, 1.82) is 0 Å². The summed E-state index contributed by atoms with van der Waals surface area (Å²) >= 11 is 0. The number of methoxy groups -OCH3 is 2. The molecule has 43 heavy (non-hydrogen) atoms. The molecule has 0 aromatic rings. The van der Waals surface area contributed by atoms with Crippen molar-refractivity contribution in [2.75, 3.05) is 34.0 Å². The molecule has 0 saturated carbocycles. The van der Waals surface area contributed by atoms with E-state index in [0.717, 1.165) is 48.6 Å². The Morgan fingerprint density at radius 1 is 0.465 bits per heavy atom. The summed E-state index contributed by atoms with van der Waals surface area (Å²) in [5, 5.41) is 24.1. The standard InChI is InChI=1S/4C6H8O4.Ca.Mg.Zn.4H/c1-9-5(7)3-4-6(8)10-2;3*1-2-10-6(9)4-3-5(7)8;;;;;;;/h3-4H,1-2H3;3*3-4H,2H2,1H3,(H,7,8);;;;;;;. The number of esters is 5. The van der Waals surface area contributed by atoms with E-state index in [4.69, 9.17) is 15.3 Å². The van der Waals surface area contributed by atoms with E-state index >= 15 is 0 Å². The van der Waals surface area contributed by atoms with Gasteiger partial charge < -0.3 is 39.0 Å². The fourth-order valence-electron chi connectivity index (χ4n) is 1.26. The summed E-state index contributed by atoms with van der Waals surface area (Å²) in [4.78, 5) is 81.2. The van der Waals surface area contributed by atoms with Crippen LogP contribution in [-0.4, -0.2) is 158 Å². The molecule has 234 valence electrons. The number of rotatable bonds is 11. The maximum Gasteiger partial charge on any atom is 0.316 e. The van der Waals surface area contributed by atoms with Crippen molar-refractivity contribution in [1.82, 2.24) is 0 Å². The van der Waals surface area contributed by atoms with Crippen molar-refractivity contribution in [2.45, 2.75) is 20.8 Å². The summed E-state index contributed by atoms with van der Waals surface area (Å²) in [7, 11) is 2.45. The first kappa shape index (κ1) is 56.2. The van der Waals surface area contributed by atoms with E-state index in [2.05, 4.69) is 23.7 Å². The minimum atomic E-state index is -1.16. The molecule has 0 aliphatic rings. The summed E-state index contributed by atoms with van der Waals surface area (Å²) in [5.74, 6) is -6.54. The van der Waals surface area contributed by atoms with Crippen molar-refractivity contribution in [3.63, 3.8) is 0 Å². The second kappa shape index (κ2) is 41.5. The fraction of sp³-hybridized carbons (Fsp3) is 0.333. The van der Waals surface area contributed by atoms with Crippen molar-refractivity contribution < 1.29 is 96.8 Å². The Labute approximate surface area is 306 Å². The first-order valence-electron chi connectivity index (χ1n) is 10.8. The topological polar surface area (TPSA) is 243 Å². The van der Waals surface area contributed by atoms with Crippen molar-refractivity contribution >= 4 is 109 Å². The molecule has 0 fully saturated rings. The molecule has 0 radical (unpaired) electrons. The van der Waals surface area contributed by atoms with Crippen LogP contribution in [0.15, 0.2) is 48.6 Å². The number of carbonyl (C=O) groups is 8. The summed E-state index contributed by atoms with van der Waals surface area (Å²) in [6.07, 6.45) is 6.79. The number of hydrogen-bond donors (Lipinski definition) is 3. The third-order valence-electron chi connectivity index (χ3n) is 2.70. The number of hydrogen-bond acceptors (Lipinski definition) is 13. The summed E-state index contributed by atoms with van der Waals surface area (Å²) in [6, 6.07) is 0. The first-order chi connectivity index (χ1) is 18.7.